The van der Waals surface area contributed by atoms with Gasteiger partial charge in [-0.05, 0) is 0 Å². The van der Waals surface area contributed by atoms with Crippen LogP contribution in [0.3, 0.4) is 0 Å². The molecule has 0 atom stereocenters. The van der Waals surface area contributed by atoms with Crippen molar-refractivity contribution in [2.24, 2.45) is 0 Å². The fourth-order valence-electron chi connectivity index (χ4n) is 1.21. The molecule has 1 aromatic rings. The summed E-state index contributed by atoms with van der Waals surface area (Å²) in [6, 6.07) is 1.11. The average Bonchev–Trinajstić information content (AvgIpc) is 2.25. The van der Waals surface area contributed by atoms with Gasteiger partial charge in [0.25, 0.3) is 6.43 Å². The number of halogens is 5. The van der Waals surface area contributed by atoms with Crippen LogP contribution in [-0.4, -0.2) is 12.1 Å². The van der Waals surface area contributed by atoms with E-state index in [1.807, 2.05) is 0 Å². The quantitative estimate of drug-likeness (QED) is 0.760. The van der Waals surface area contributed by atoms with Gasteiger partial charge in [-0.25, -0.2) is 13.8 Å². The number of hydrogen-bond donors (Lipinski definition) is 0. The number of alkyl halides is 5. The van der Waals surface area contributed by atoms with Crippen molar-refractivity contribution >= 4 is 0 Å². The summed E-state index contributed by atoms with van der Waals surface area (Å²) in [5.41, 5.74) is -3.82. The van der Waals surface area contributed by atoms with E-state index in [0.717, 1.165) is 13.2 Å². The van der Waals surface area contributed by atoms with Crippen molar-refractivity contribution in [3.63, 3.8) is 0 Å². The Balaban J connectivity index is 3.60. The molecule has 0 aliphatic rings. The summed E-state index contributed by atoms with van der Waals surface area (Å²) in [6.07, 6.45) is -7.91. The number of nitriles is 1. The molecule has 0 N–H and O–H groups in total. The smallest absolute Gasteiger partial charge is 0.419 e. The van der Waals surface area contributed by atoms with Gasteiger partial charge in [-0.3, -0.25) is 0 Å². The third-order valence-corrected chi connectivity index (χ3v) is 1.91. The highest BCUT2D eigenvalue weighted by Gasteiger charge is 2.37. The molecule has 0 aliphatic heterocycles. The SMILES string of the molecule is COc1ncc(C(F)(F)F)c(C#N)c1C(F)F. The molecule has 0 saturated heterocycles. The van der Waals surface area contributed by atoms with Crippen LogP contribution in [0.4, 0.5) is 22.0 Å². The molecule has 17 heavy (non-hydrogen) atoms. The number of methoxy groups -OCH3 is 1. The van der Waals surface area contributed by atoms with Gasteiger partial charge in [-0.2, -0.15) is 18.4 Å². The minimum absolute atomic E-state index is 0.295. The second-order valence-corrected chi connectivity index (χ2v) is 2.88. The Morgan fingerprint density at radius 1 is 1.41 bits per heavy atom. The van der Waals surface area contributed by atoms with Gasteiger partial charge in [0.15, 0.2) is 0 Å². The Morgan fingerprint density at radius 2 is 2.00 bits per heavy atom. The largest absolute Gasteiger partial charge is 0.481 e. The van der Waals surface area contributed by atoms with Gasteiger partial charge in [0.2, 0.25) is 5.88 Å². The lowest BCUT2D eigenvalue weighted by Gasteiger charge is -2.13. The van der Waals surface area contributed by atoms with Gasteiger partial charge in [-0.15, -0.1) is 0 Å². The van der Waals surface area contributed by atoms with Crippen molar-refractivity contribution in [1.29, 1.82) is 5.26 Å². The van der Waals surface area contributed by atoms with Crippen LogP contribution in [0.15, 0.2) is 6.20 Å². The van der Waals surface area contributed by atoms with E-state index in [1.54, 1.807) is 0 Å². The number of nitrogens with zero attached hydrogens (tertiary/aromatic N) is 2. The monoisotopic (exact) mass is 252 g/mol. The maximum absolute atomic E-state index is 12.6. The van der Waals surface area contributed by atoms with Gasteiger partial charge in [0.1, 0.15) is 6.07 Å². The zero-order valence-corrected chi connectivity index (χ0v) is 8.35. The van der Waals surface area contributed by atoms with Crippen LogP contribution in [-0.2, 0) is 6.18 Å². The summed E-state index contributed by atoms with van der Waals surface area (Å²) in [6.45, 7) is 0. The van der Waals surface area contributed by atoms with E-state index in [1.165, 1.54) is 0 Å². The number of hydrogen-bond acceptors (Lipinski definition) is 3. The molecule has 0 saturated carbocycles. The molecule has 0 fully saturated rings. The van der Waals surface area contributed by atoms with Gasteiger partial charge in [-0.1, -0.05) is 0 Å². The van der Waals surface area contributed by atoms with Gasteiger partial charge >= 0.3 is 6.18 Å². The first-order valence-electron chi connectivity index (χ1n) is 4.15. The van der Waals surface area contributed by atoms with E-state index >= 15 is 0 Å². The zero-order valence-electron chi connectivity index (χ0n) is 8.35. The van der Waals surface area contributed by atoms with Crippen molar-refractivity contribution in [2.75, 3.05) is 7.11 Å². The topological polar surface area (TPSA) is 45.9 Å². The third kappa shape index (κ3) is 2.43. The summed E-state index contributed by atoms with van der Waals surface area (Å²) in [5, 5.41) is 8.56. The van der Waals surface area contributed by atoms with Crippen LogP contribution in [0.2, 0.25) is 0 Å². The Bertz CT molecular complexity index is 464. The van der Waals surface area contributed by atoms with Crippen molar-refractivity contribution in [3.05, 3.63) is 22.9 Å². The van der Waals surface area contributed by atoms with Crippen molar-refractivity contribution in [2.45, 2.75) is 12.6 Å². The standard InChI is InChI=1S/C9H5F5N2O/c1-17-8-6(7(10)11)4(2-15)5(3-16-8)9(12,13)14/h3,7H,1H3. The fourth-order valence-corrected chi connectivity index (χ4v) is 1.21. The molecule has 8 heteroatoms. The molecule has 0 amide bonds. The minimum Gasteiger partial charge on any atom is -0.481 e. The van der Waals surface area contributed by atoms with Crippen LogP contribution in [0.5, 0.6) is 5.88 Å². The highest BCUT2D eigenvalue weighted by atomic mass is 19.4. The van der Waals surface area contributed by atoms with Gasteiger partial charge in [0.05, 0.1) is 23.8 Å². The number of rotatable bonds is 2. The Hall–Kier alpha value is -1.91. The second-order valence-electron chi connectivity index (χ2n) is 2.88. The van der Waals surface area contributed by atoms with Crippen LogP contribution >= 0.6 is 0 Å². The first kappa shape index (κ1) is 13.2. The molecule has 1 rings (SSSR count). The van der Waals surface area contributed by atoms with Crippen LogP contribution < -0.4 is 4.74 Å². The predicted molar refractivity (Wildman–Crippen MR) is 45.5 cm³/mol. The zero-order chi connectivity index (χ0) is 13.2. The number of aromatic nitrogens is 1. The van der Waals surface area contributed by atoms with Crippen molar-refractivity contribution in [1.82, 2.24) is 4.98 Å². The molecule has 92 valence electrons. The highest BCUT2D eigenvalue weighted by molar-refractivity contribution is 5.49. The maximum atomic E-state index is 12.6. The fraction of sp³-hybridized carbons (Fsp3) is 0.333. The molecule has 1 heterocycles. The normalized spacial score (nSPS) is 11.4. The Kier molecular flexibility index (Phi) is 3.50. The Labute approximate surface area is 92.4 Å². The molecule has 0 unspecified atom stereocenters. The molecule has 0 bridgehead atoms. The molecule has 3 nitrogen and oxygen atoms in total. The highest BCUT2D eigenvalue weighted by Crippen LogP contribution is 2.38. The molecular formula is C9H5F5N2O. The van der Waals surface area contributed by atoms with Crippen molar-refractivity contribution < 1.29 is 26.7 Å². The van der Waals surface area contributed by atoms with E-state index in [9.17, 15) is 22.0 Å². The van der Waals surface area contributed by atoms with E-state index in [2.05, 4.69) is 9.72 Å². The lowest BCUT2D eigenvalue weighted by molar-refractivity contribution is -0.138. The van der Waals surface area contributed by atoms with Gasteiger partial charge < -0.3 is 4.74 Å². The molecule has 0 aliphatic carbocycles. The Morgan fingerprint density at radius 3 is 2.35 bits per heavy atom. The molecule has 0 spiro atoms. The predicted octanol–water partition coefficient (Wildman–Crippen LogP) is 2.92. The van der Waals surface area contributed by atoms with E-state index in [-0.39, 0.29) is 0 Å². The van der Waals surface area contributed by atoms with E-state index in [4.69, 9.17) is 5.26 Å². The molecule has 0 radical (unpaired) electrons. The summed E-state index contributed by atoms with van der Waals surface area (Å²) < 4.78 is 66.9. The summed E-state index contributed by atoms with van der Waals surface area (Å²) in [4.78, 5) is 3.12. The van der Waals surface area contributed by atoms with Crippen LogP contribution in [0.25, 0.3) is 0 Å². The molecular weight excluding hydrogens is 247 g/mol. The van der Waals surface area contributed by atoms with Gasteiger partial charge in [0, 0.05) is 6.20 Å². The summed E-state index contributed by atoms with van der Waals surface area (Å²) in [7, 11) is 0.975. The molecule has 1 aromatic heterocycles. The summed E-state index contributed by atoms with van der Waals surface area (Å²) >= 11 is 0. The number of pyridine rings is 1. The number of ether oxygens (including phenoxy) is 1. The van der Waals surface area contributed by atoms with E-state index < -0.39 is 35.2 Å². The maximum Gasteiger partial charge on any atom is 0.419 e. The van der Waals surface area contributed by atoms with Crippen molar-refractivity contribution in [3.8, 4) is 11.9 Å². The summed E-state index contributed by atoms with van der Waals surface area (Å²) in [5.74, 6) is -0.690. The van der Waals surface area contributed by atoms with Crippen LogP contribution in [0, 0.1) is 11.3 Å². The first-order valence-corrected chi connectivity index (χ1v) is 4.15. The van der Waals surface area contributed by atoms with Crippen LogP contribution in [0.1, 0.15) is 23.1 Å². The average molecular weight is 252 g/mol. The molecule has 0 aromatic carbocycles. The minimum atomic E-state index is -4.92. The first-order chi connectivity index (χ1) is 7.82. The third-order valence-electron chi connectivity index (χ3n) is 1.91. The van der Waals surface area contributed by atoms with E-state index in [0.29, 0.717) is 6.20 Å². The lowest BCUT2D eigenvalue weighted by atomic mass is 10.0. The lowest BCUT2D eigenvalue weighted by Crippen LogP contribution is -2.12. The second kappa shape index (κ2) is 4.53.